The number of aliphatic hydroxyl groups is 4. The van der Waals surface area contributed by atoms with Crippen LogP contribution >= 0.6 is 0 Å². The van der Waals surface area contributed by atoms with Crippen molar-refractivity contribution < 1.29 is 34.6 Å². The molecule has 0 aromatic heterocycles. The van der Waals surface area contributed by atoms with Gasteiger partial charge in [-0.1, -0.05) is 19.1 Å². The summed E-state index contributed by atoms with van der Waals surface area (Å²) in [5.74, 6) is 0.555. The fourth-order valence-electron chi connectivity index (χ4n) is 2.59. The van der Waals surface area contributed by atoms with Crippen molar-refractivity contribution in [1.82, 2.24) is 0 Å². The van der Waals surface area contributed by atoms with Gasteiger partial charge in [0.2, 0.25) is 0 Å². The van der Waals surface area contributed by atoms with E-state index in [1.54, 1.807) is 24.3 Å². The average molecular weight is 449 g/mol. The summed E-state index contributed by atoms with van der Waals surface area (Å²) in [4.78, 5) is 0. The highest BCUT2D eigenvalue weighted by Crippen LogP contribution is 2.22. The van der Waals surface area contributed by atoms with Crippen molar-refractivity contribution in [2.24, 2.45) is 10.2 Å². The average Bonchev–Trinajstić information content (AvgIpc) is 2.83. The lowest BCUT2D eigenvalue weighted by atomic mass is 10.2. The van der Waals surface area contributed by atoms with E-state index in [2.05, 4.69) is 17.2 Å². The molecule has 2 atom stereocenters. The lowest BCUT2D eigenvalue weighted by Crippen LogP contribution is -2.32. The number of hydrogen-bond donors (Lipinski definition) is 4. The largest absolute Gasteiger partial charge is 0.486 e. The second-order valence-electron chi connectivity index (χ2n) is 7.20. The van der Waals surface area contributed by atoms with Crippen molar-refractivity contribution in [3.63, 3.8) is 0 Å². The summed E-state index contributed by atoms with van der Waals surface area (Å²) >= 11 is 0. The van der Waals surface area contributed by atoms with Gasteiger partial charge in [-0.25, -0.2) is 0 Å². The second kappa shape index (κ2) is 14.6. The Balaban J connectivity index is 1.92. The van der Waals surface area contributed by atoms with Gasteiger partial charge in [-0.05, 0) is 48.4 Å². The molecular weight excluding hydrogens is 416 g/mol. The molecule has 0 aliphatic rings. The molecule has 0 heterocycles. The molecule has 0 saturated heterocycles. The zero-order valence-corrected chi connectivity index (χ0v) is 18.2. The first kappa shape index (κ1) is 25.9. The van der Waals surface area contributed by atoms with Crippen LogP contribution in [0.15, 0.2) is 58.8 Å². The minimum absolute atomic E-state index is 0.0474. The highest BCUT2D eigenvalue weighted by atomic mass is 16.6. The van der Waals surface area contributed by atoms with Crippen LogP contribution in [0.5, 0.6) is 5.75 Å². The number of aliphatic hydroxyl groups excluding tert-OH is 4. The zero-order valence-electron chi connectivity index (χ0n) is 18.2. The number of rotatable bonds is 15. The molecule has 4 N–H and O–H groups in total. The first-order chi connectivity index (χ1) is 15.5. The molecule has 32 heavy (non-hydrogen) atoms. The van der Waals surface area contributed by atoms with Gasteiger partial charge in [0.25, 0.3) is 0 Å². The van der Waals surface area contributed by atoms with Crippen LogP contribution in [0.3, 0.4) is 0 Å². The smallest absolute Gasteiger partial charge is 0.145 e. The highest BCUT2D eigenvalue weighted by Gasteiger charge is 2.14. The van der Waals surface area contributed by atoms with E-state index >= 15 is 0 Å². The summed E-state index contributed by atoms with van der Waals surface area (Å²) in [5, 5.41) is 45.0. The maximum Gasteiger partial charge on any atom is 0.145 e. The Morgan fingerprint density at radius 3 is 1.62 bits per heavy atom. The minimum Gasteiger partial charge on any atom is -0.486 e. The van der Waals surface area contributed by atoms with Crippen molar-refractivity contribution in [2.45, 2.75) is 31.7 Å². The number of hydrogen-bond acceptors (Lipinski definition) is 9. The topological polar surface area (TPSA) is 133 Å². The lowest BCUT2D eigenvalue weighted by molar-refractivity contribution is -0.0553. The molecule has 0 bridgehead atoms. The fraction of sp³-hybridized carbons (Fsp3) is 0.478. The van der Waals surface area contributed by atoms with Crippen LogP contribution in [0.4, 0.5) is 11.4 Å². The Morgan fingerprint density at radius 2 is 1.19 bits per heavy atom. The third kappa shape index (κ3) is 9.82. The highest BCUT2D eigenvalue weighted by molar-refractivity contribution is 5.43. The Bertz CT molecular complexity index is 768. The molecule has 9 nitrogen and oxygen atoms in total. The van der Waals surface area contributed by atoms with E-state index in [0.717, 1.165) is 12.1 Å². The molecule has 0 aliphatic carbocycles. The summed E-state index contributed by atoms with van der Waals surface area (Å²) < 4.78 is 16.6. The summed E-state index contributed by atoms with van der Waals surface area (Å²) in [5.41, 5.74) is 2.68. The van der Waals surface area contributed by atoms with Gasteiger partial charge in [0.1, 0.15) is 24.1 Å². The molecule has 2 aromatic rings. The van der Waals surface area contributed by atoms with E-state index < -0.39 is 31.5 Å². The number of azo groups is 1. The molecule has 2 unspecified atom stereocenters. The Morgan fingerprint density at radius 1 is 0.719 bits per heavy atom. The van der Waals surface area contributed by atoms with Crippen LogP contribution in [-0.4, -0.2) is 78.4 Å². The van der Waals surface area contributed by atoms with Crippen molar-refractivity contribution in [3.05, 3.63) is 54.1 Å². The summed E-state index contributed by atoms with van der Waals surface area (Å²) in [6.45, 7) is 1.40. The van der Waals surface area contributed by atoms with Crippen LogP contribution in [0, 0.1) is 0 Å². The zero-order chi connectivity index (χ0) is 23.2. The van der Waals surface area contributed by atoms with E-state index in [0.29, 0.717) is 11.4 Å². The first-order valence-corrected chi connectivity index (χ1v) is 10.5. The minimum atomic E-state index is -0.976. The van der Waals surface area contributed by atoms with Crippen LogP contribution in [0.1, 0.15) is 12.5 Å². The predicted octanol–water partition coefficient (Wildman–Crippen LogP) is 2.15. The standard InChI is InChI=1S/C23H32N2O7/c1-2-17-3-5-18(6-4-17)24-25-19-7-9-22(10-8-19)32-23(15-30-13-20(28)11-26)16-31-14-21(29)12-27/h3-10,20-21,23,26-29H,2,11-16H2,1H3. The summed E-state index contributed by atoms with van der Waals surface area (Å²) in [6.07, 6.45) is -1.51. The Kier molecular flexibility index (Phi) is 11.8. The SMILES string of the molecule is CCc1ccc(N=Nc2ccc(OC(COCC(O)CO)COCC(O)CO)cc2)cc1. The van der Waals surface area contributed by atoms with Crippen molar-refractivity contribution in [3.8, 4) is 5.75 Å². The number of ether oxygens (including phenoxy) is 3. The van der Waals surface area contributed by atoms with Crippen LogP contribution < -0.4 is 4.74 Å². The molecule has 0 radical (unpaired) electrons. The maximum atomic E-state index is 9.40. The molecule has 2 aromatic carbocycles. The molecule has 0 aliphatic heterocycles. The van der Waals surface area contributed by atoms with E-state index in [1.165, 1.54) is 5.56 Å². The molecule has 0 spiro atoms. The van der Waals surface area contributed by atoms with Gasteiger partial charge in [-0.15, -0.1) is 0 Å². The number of benzene rings is 2. The van der Waals surface area contributed by atoms with Gasteiger partial charge in [0, 0.05) is 0 Å². The van der Waals surface area contributed by atoms with E-state index in [4.69, 9.17) is 24.4 Å². The van der Waals surface area contributed by atoms with Crippen LogP contribution in [-0.2, 0) is 15.9 Å². The van der Waals surface area contributed by atoms with Crippen LogP contribution in [0.2, 0.25) is 0 Å². The van der Waals surface area contributed by atoms with Gasteiger partial charge in [0.05, 0.1) is 51.0 Å². The van der Waals surface area contributed by atoms with Gasteiger partial charge in [0.15, 0.2) is 0 Å². The number of aryl methyl sites for hydroxylation is 1. The Labute approximate surface area is 187 Å². The van der Waals surface area contributed by atoms with Crippen molar-refractivity contribution in [2.75, 3.05) is 39.6 Å². The third-order valence-corrected chi connectivity index (χ3v) is 4.41. The quantitative estimate of drug-likeness (QED) is 0.307. The van der Waals surface area contributed by atoms with Crippen molar-refractivity contribution >= 4 is 11.4 Å². The maximum absolute atomic E-state index is 9.40. The van der Waals surface area contributed by atoms with Crippen LogP contribution in [0.25, 0.3) is 0 Å². The summed E-state index contributed by atoms with van der Waals surface area (Å²) in [6, 6.07) is 14.9. The van der Waals surface area contributed by atoms with E-state index in [9.17, 15) is 10.2 Å². The number of nitrogens with zero attached hydrogens (tertiary/aromatic N) is 2. The van der Waals surface area contributed by atoms with Crippen molar-refractivity contribution in [1.29, 1.82) is 0 Å². The molecule has 0 saturated carbocycles. The lowest BCUT2D eigenvalue weighted by Gasteiger charge is -2.20. The predicted molar refractivity (Wildman–Crippen MR) is 119 cm³/mol. The molecule has 0 amide bonds. The first-order valence-electron chi connectivity index (χ1n) is 10.5. The third-order valence-electron chi connectivity index (χ3n) is 4.41. The van der Waals surface area contributed by atoms with Gasteiger partial charge in [-0.2, -0.15) is 10.2 Å². The van der Waals surface area contributed by atoms with Gasteiger partial charge >= 0.3 is 0 Å². The molecule has 2 rings (SSSR count). The molecular formula is C23H32N2O7. The van der Waals surface area contributed by atoms with Gasteiger partial charge in [-0.3, -0.25) is 0 Å². The van der Waals surface area contributed by atoms with E-state index in [-0.39, 0.29) is 26.4 Å². The van der Waals surface area contributed by atoms with E-state index in [1.807, 2.05) is 24.3 Å². The fourth-order valence-corrected chi connectivity index (χ4v) is 2.59. The summed E-state index contributed by atoms with van der Waals surface area (Å²) in [7, 11) is 0. The monoisotopic (exact) mass is 448 g/mol. The Hall–Kier alpha value is -2.40. The van der Waals surface area contributed by atoms with Gasteiger partial charge < -0.3 is 34.6 Å². The molecule has 0 fully saturated rings. The molecule has 9 heteroatoms. The molecule has 176 valence electrons. The normalized spacial score (nSPS) is 14.4. The second-order valence-corrected chi connectivity index (χ2v) is 7.20.